The maximum atomic E-state index is 13.5. The van der Waals surface area contributed by atoms with Crippen molar-refractivity contribution in [1.82, 2.24) is 0 Å². The molecular weight excluding hydrogens is 413 g/mol. The molecule has 172 valence electrons. The average Bonchev–Trinajstić information content (AvgIpc) is 3.15. The first-order valence-corrected chi connectivity index (χ1v) is 10.7. The van der Waals surface area contributed by atoms with Crippen molar-refractivity contribution in [3.05, 3.63) is 42.2 Å². The predicted molar refractivity (Wildman–Crippen MR) is 122 cm³/mol. The van der Waals surface area contributed by atoms with Crippen LogP contribution in [0, 0.1) is 5.82 Å². The van der Waals surface area contributed by atoms with Crippen LogP contribution < -0.4 is 16.0 Å². The number of halogens is 1. The lowest BCUT2D eigenvalue weighted by Crippen LogP contribution is -2.30. The zero-order valence-corrected chi connectivity index (χ0v) is 19.1. The molecule has 4 rings (SSSR count). The van der Waals surface area contributed by atoms with E-state index in [1.54, 1.807) is 39.0 Å². The lowest BCUT2D eigenvalue weighted by atomic mass is 10.0. The number of carbonyl (C=O) groups excluding carboxylic acids is 1. The smallest absolute Gasteiger partial charge is 0.412 e. The van der Waals surface area contributed by atoms with E-state index in [0.29, 0.717) is 24.5 Å². The summed E-state index contributed by atoms with van der Waals surface area (Å²) in [6, 6.07) is 9.85. The molecule has 7 nitrogen and oxygen atoms in total. The Morgan fingerprint density at radius 2 is 1.75 bits per heavy atom. The van der Waals surface area contributed by atoms with Gasteiger partial charge in [-0.2, -0.15) is 0 Å². The molecule has 2 atom stereocenters. The van der Waals surface area contributed by atoms with Gasteiger partial charge in [0.05, 0.1) is 11.4 Å². The third-order valence-electron chi connectivity index (χ3n) is 5.39. The first-order valence-electron chi connectivity index (χ1n) is 10.7. The van der Waals surface area contributed by atoms with Gasteiger partial charge in [-0.05, 0) is 64.4 Å². The summed E-state index contributed by atoms with van der Waals surface area (Å²) in [5, 5.41) is 2.75. The molecule has 2 aromatic carbocycles. The maximum Gasteiger partial charge on any atom is 0.412 e. The fraction of sp³-hybridized carbons (Fsp3) is 0.458. The number of amides is 1. The Morgan fingerprint density at radius 1 is 1.16 bits per heavy atom. The van der Waals surface area contributed by atoms with E-state index in [9.17, 15) is 9.18 Å². The minimum absolute atomic E-state index is 0.0640. The van der Waals surface area contributed by atoms with E-state index < -0.39 is 17.5 Å². The van der Waals surface area contributed by atoms with Crippen LogP contribution in [-0.4, -0.2) is 42.8 Å². The van der Waals surface area contributed by atoms with E-state index in [1.165, 1.54) is 12.1 Å². The summed E-state index contributed by atoms with van der Waals surface area (Å²) >= 11 is 0. The molecular formula is C24H30FN3O4. The molecule has 8 heteroatoms. The Labute approximate surface area is 187 Å². The molecule has 32 heavy (non-hydrogen) atoms. The molecule has 0 aliphatic carbocycles. The fourth-order valence-corrected chi connectivity index (χ4v) is 4.17. The van der Waals surface area contributed by atoms with Gasteiger partial charge in [-0.15, -0.1) is 0 Å². The second-order valence-electron chi connectivity index (χ2n) is 9.71. The number of fused-ring (bicyclic) bond motifs is 1. The van der Waals surface area contributed by atoms with E-state index >= 15 is 0 Å². The summed E-state index contributed by atoms with van der Waals surface area (Å²) in [5.74, 6) is -0.919. The van der Waals surface area contributed by atoms with Crippen LogP contribution in [0.1, 0.15) is 34.6 Å². The molecule has 2 aliphatic heterocycles. The van der Waals surface area contributed by atoms with Crippen molar-refractivity contribution in [2.24, 2.45) is 0 Å². The second-order valence-corrected chi connectivity index (χ2v) is 9.71. The Kier molecular flexibility index (Phi) is 5.55. The number of nitrogens with one attached hydrogen (secondary N) is 1. The number of benzene rings is 2. The van der Waals surface area contributed by atoms with E-state index in [2.05, 4.69) is 10.2 Å². The van der Waals surface area contributed by atoms with E-state index in [-0.39, 0.29) is 18.0 Å². The zero-order chi connectivity index (χ0) is 23.3. The van der Waals surface area contributed by atoms with Gasteiger partial charge in [0.15, 0.2) is 5.79 Å². The van der Waals surface area contributed by atoms with Crippen molar-refractivity contribution in [3.63, 3.8) is 0 Å². The van der Waals surface area contributed by atoms with Crippen molar-refractivity contribution in [3.8, 4) is 11.1 Å². The number of hydrogen-bond donors (Lipinski definition) is 2. The third-order valence-corrected chi connectivity index (χ3v) is 5.39. The highest BCUT2D eigenvalue weighted by atomic mass is 19.1. The summed E-state index contributed by atoms with van der Waals surface area (Å²) in [6.07, 6.45) is -0.715. The van der Waals surface area contributed by atoms with Crippen molar-refractivity contribution < 1.29 is 23.4 Å². The first kappa shape index (κ1) is 22.4. The largest absolute Gasteiger partial charge is 0.444 e. The van der Waals surface area contributed by atoms with Crippen LogP contribution in [0.5, 0.6) is 0 Å². The van der Waals surface area contributed by atoms with Gasteiger partial charge in [0.2, 0.25) is 0 Å². The van der Waals surface area contributed by atoms with E-state index in [0.717, 1.165) is 16.8 Å². The molecule has 0 aromatic heterocycles. The van der Waals surface area contributed by atoms with Crippen molar-refractivity contribution in [2.75, 3.05) is 29.0 Å². The molecule has 0 bridgehead atoms. The molecule has 2 heterocycles. The minimum Gasteiger partial charge on any atom is -0.444 e. The first-order chi connectivity index (χ1) is 14.9. The van der Waals surface area contributed by atoms with Gasteiger partial charge in [-0.1, -0.05) is 12.1 Å². The summed E-state index contributed by atoms with van der Waals surface area (Å²) < 4.78 is 31.0. The number of rotatable bonds is 3. The molecule has 2 aliphatic rings. The van der Waals surface area contributed by atoms with Crippen molar-refractivity contribution >= 4 is 23.2 Å². The number of nitrogens with zero attached hydrogens (tertiary/aromatic N) is 1. The molecule has 0 radical (unpaired) electrons. The predicted octanol–water partition coefficient (Wildman–Crippen LogP) is 4.76. The monoisotopic (exact) mass is 443 g/mol. The topological polar surface area (TPSA) is 86.0 Å². The number of hydrogen-bond acceptors (Lipinski definition) is 6. The molecule has 0 spiro atoms. The summed E-state index contributed by atoms with van der Waals surface area (Å²) in [7, 11) is 0. The number of ether oxygens (including phenoxy) is 3. The summed E-state index contributed by atoms with van der Waals surface area (Å²) in [4.78, 5) is 14.5. The highest BCUT2D eigenvalue weighted by Crippen LogP contribution is 2.41. The van der Waals surface area contributed by atoms with Crippen molar-refractivity contribution in [1.29, 1.82) is 0 Å². The average molecular weight is 444 g/mol. The number of nitrogens with two attached hydrogens (primary N) is 1. The Balaban J connectivity index is 1.68. The van der Waals surface area contributed by atoms with Crippen LogP contribution >= 0.6 is 0 Å². The summed E-state index contributed by atoms with van der Waals surface area (Å²) in [6.45, 7) is 10.4. The number of carbonyl (C=O) groups is 1. The van der Waals surface area contributed by atoms with Crippen LogP contribution in [0.25, 0.3) is 11.1 Å². The Bertz CT molecular complexity index is 1000. The number of nitrogen functional groups attached to an aromatic ring is 1. The van der Waals surface area contributed by atoms with Crippen molar-refractivity contribution in [2.45, 2.75) is 58.2 Å². The highest BCUT2D eigenvalue weighted by Gasteiger charge is 2.47. The molecule has 1 amide bonds. The molecule has 2 saturated heterocycles. The normalized spacial score (nSPS) is 22.0. The maximum absolute atomic E-state index is 13.5. The van der Waals surface area contributed by atoms with Gasteiger partial charge in [0.1, 0.15) is 23.6 Å². The third kappa shape index (κ3) is 4.81. The van der Waals surface area contributed by atoms with Crippen LogP contribution in [0.4, 0.5) is 26.2 Å². The van der Waals surface area contributed by atoms with Gasteiger partial charge in [0, 0.05) is 24.3 Å². The second kappa shape index (κ2) is 7.94. The van der Waals surface area contributed by atoms with Crippen LogP contribution in [-0.2, 0) is 14.2 Å². The highest BCUT2D eigenvalue weighted by molar-refractivity contribution is 5.94. The Morgan fingerprint density at radius 3 is 2.31 bits per heavy atom. The molecule has 3 N–H and O–H groups in total. The molecule has 2 aromatic rings. The van der Waals surface area contributed by atoms with Gasteiger partial charge < -0.3 is 24.8 Å². The van der Waals surface area contributed by atoms with Crippen LogP contribution in [0.2, 0.25) is 0 Å². The zero-order valence-electron chi connectivity index (χ0n) is 19.1. The van der Waals surface area contributed by atoms with E-state index in [1.807, 2.05) is 19.9 Å². The van der Waals surface area contributed by atoms with Crippen LogP contribution in [0.3, 0.4) is 0 Å². The van der Waals surface area contributed by atoms with Gasteiger partial charge in [-0.3, -0.25) is 5.32 Å². The van der Waals surface area contributed by atoms with Gasteiger partial charge in [-0.25, -0.2) is 9.18 Å². The lowest BCUT2D eigenvalue weighted by Gasteiger charge is -2.27. The fourth-order valence-electron chi connectivity index (χ4n) is 4.17. The Hall–Kier alpha value is -2.84. The lowest BCUT2D eigenvalue weighted by molar-refractivity contribution is -0.147. The van der Waals surface area contributed by atoms with Gasteiger partial charge >= 0.3 is 6.09 Å². The van der Waals surface area contributed by atoms with Crippen LogP contribution in [0.15, 0.2) is 36.4 Å². The number of anilines is 3. The van der Waals surface area contributed by atoms with Gasteiger partial charge in [0.25, 0.3) is 0 Å². The minimum atomic E-state index is -0.635. The molecule has 2 unspecified atom stereocenters. The standard InChI is InChI=1S/C24H30FN3O4/c1-23(2,3)32-22(29)27-18-11-19(28-12-20-21(13-28)31-24(4,5)30-20)16(10-17(18)26)14-6-8-15(25)9-7-14/h6-11,20-21H,12-13,26H2,1-5H3,(H,27,29). The molecule has 0 saturated carbocycles. The van der Waals surface area contributed by atoms with E-state index in [4.69, 9.17) is 19.9 Å². The quantitative estimate of drug-likeness (QED) is 0.665. The molecule has 2 fully saturated rings. The summed E-state index contributed by atoms with van der Waals surface area (Å²) in [5.41, 5.74) is 8.96. The SMILES string of the molecule is CC(C)(C)OC(=O)Nc1cc(N2CC3OC(C)(C)OC3C2)c(-c2ccc(F)cc2)cc1N.